The molecule has 0 radical (unpaired) electrons. The number of hydrogen-bond acceptors (Lipinski definition) is 3. The van der Waals surface area contributed by atoms with Crippen LogP contribution in [0, 0.1) is 19.8 Å². The van der Waals surface area contributed by atoms with E-state index in [1.807, 2.05) is 31.2 Å². The van der Waals surface area contributed by atoms with Gasteiger partial charge >= 0.3 is 0 Å². The van der Waals surface area contributed by atoms with Crippen LogP contribution in [0.15, 0.2) is 42.5 Å². The van der Waals surface area contributed by atoms with Crippen LogP contribution in [0.5, 0.6) is 0 Å². The molecule has 2 aromatic carbocycles. The van der Waals surface area contributed by atoms with Crippen molar-refractivity contribution in [2.75, 3.05) is 18.4 Å². The van der Waals surface area contributed by atoms with Crippen molar-refractivity contribution < 1.29 is 4.79 Å². The van der Waals surface area contributed by atoms with Gasteiger partial charge in [0, 0.05) is 11.6 Å². The molecule has 0 saturated carbocycles. The molecule has 0 spiro atoms. The molecule has 2 heterocycles. The van der Waals surface area contributed by atoms with Gasteiger partial charge in [0.2, 0.25) is 5.91 Å². The highest BCUT2D eigenvalue weighted by Gasteiger charge is 2.25. The zero-order chi connectivity index (χ0) is 18.8. The Morgan fingerprint density at radius 3 is 2.56 bits per heavy atom. The fraction of sp³-hybridized carbons (Fsp3) is 0.364. The second-order valence-corrected chi connectivity index (χ2v) is 7.61. The highest BCUT2D eigenvalue weighted by molar-refractivity contribution is 5.92. The van der Waals surface area contributed by atoms with Crippen LogP contribution in [0.2, 0.25) is 0 Å². The van der Waals surface area contributed by atoms with E-state index in [-0.39, 0.29) is 11.8 Å². The first kappa shape index (κ1) is 17.7. The third kappa shape index (κ3) is 4.19. The first-order chi connectivity index (χ1) is 13.1. The lowest BCUT2D eigenvalue weighted by Gasteiger charge is -2.30. The number of rotatable bonds is 4. The average Bonchev–Trinajstić information content (AvgIpc) is 3.05. The zero-order valence-corrected chi connectivity index (χ0v) is 16.0. The maximum Gasteiger partial charge on any atom is 0.227 e. The lowest BCUT2D eigenvalue weighted by Crippen LogP contribution is -2.38. The number of amides is 1. The Kier molecular flexibility index (Phi) is 4.94. The normalized spacial score (nSPS) is 15.9. The molecule has 5 nitrogen and oxygen atoms in total. The van der Waals surface area contributed by atoms with Crippen molar-refractivity contribution in [1.29, 1.82) is 0 Å². The van der Waals surface area contributed by atoms with E-state index in [0.29, 0.717) is 0 Å². The van der Waals surface area contributed by atoms with Gasteiger partial charge < -0.3 is 10.3 Å². The van der Waals surface area contributed by atoms with Crippen molar-refractivity contribution in [3.63, 3.8) is 0 Å². The fourth-order valence-corrected chi connectivity index (χ4v) is 3.70. The number of nitrogens with zero attached hydrogens (tertiary/aromatic N) is 2. The van der Waals surface area contributed by atoms with E-state index >= 15 is 0 Å². The van der Waals surface area contributed by atoms with Gasteiger partial charge in [0.25, 0.3) is 0 Å². The molecule has 1 fully saturated rings. The van der Waals surface area contributed by atoms with Gasteiger partial charge in [-0.3, -0.25) is 9.69 Å². The number of benzene rings is 2. The summed E-state index contributed by atoms with van der Waals surface area (Å²) < 4.78 is 0. The van der Waals surface area contributed by atoms with Gasteiger partial charge in [-0.15, -0.1) is 0 Å². The Hall–Kier alpha value is -2.66. The zero-order valence-electron chi connectivity index (χ0n) is 16.0. The highest BCUT2D eigenvalue weighted by Crippen LogP contribution is 2.22. The Labute approximate surface area is 159 Å². The van der Waals surface area contributed by atoms with Gasteiger partial charge in [-0.1, -0.05) is 23.8 Å². The number of aryl methyl sites for hydroxylation is 2. The summed E-state index contributed by atoms with van der Waals surface area (Å²) >= 11 is 0. The van der Waals surface area contributed by atoms with Gasteiger partial charge in [0.05, 0.1) is 17.6 Å². The number of likely N-dealkylation sites (tertiary alicyclic amines) is 1. The molecule has 140 valence electrons. The lowest BCUT2D eigenvalue weighted by molar-refractivity contribution is -0.121. The van der Waals surface area contributed by atoms with Crippen molar-refractivity contribution in [2.24, 2.45) is 5.92 Å². The summed E-state index contributed by atoms with van der Waals surface area (Å²) in [6, 6.07) is 14.3. The lowest BCUT2D eigenvalue weighted by atomic mass is 9.96. The van der Waals surface area contributed by atoms with Crippen LogP contribution in [0.25, 0.3) is 11.0 Å². The number of H-pyrrole nitrogens is 1. The van der Waals surface area contributed by atoms with Crippen molar-refractivity contribution in [3.05, 3.63) is 59.4 Å². The molecular weight excluding hydrogens is 336 g/mol. The molecular formula is C22H26N4O. The molecule has 0 aliphatic carbocycles. The minimum absolute atomic E-state index is 0.0841. The second-order valence-electron chi connectivity index (χ2n) is 7.61. The summed E-state index contributed by atoms with van der Waals surface area (Å²) in [7, 11) is 0. The molecule has 2 N–H and O–H groups in total. The van der Waals surface area contributed by atoms with Crippen LogP contribution >= 0.6 is 0 Å². The minimum atomic E-state index is 0.0841. The van der Waals surface area contributed by atoms with E-state index < -0.39 is 0 Å². The molecule has 5 heteroatoms. The van der Waals surface area contributed by atoms with Crippen LogP contribution in [-0.2, 0) is 11.3 Å². The molecule has 1 aliphatic rings. The summed E-state index contributed by atoms with van der Waals surface area (Å²) in [6.45, 7) is 6.78. The van der Waals surface area contributed by atoms with E-state index in [9.17, 15) is 4.79 Å². The van der Waals surface area contributed by atoms with Crippen LogP contribution in [0.3, 0.4) is 0 Å². The number of carbonyl (C=O) groups excluding carboxylic acids is 1. The number of imidazole rings is 1. The standard InChI is InChI=1S/C22H26N4O/c1-15-3-6-18(7-4-15)23-22(27)17-9-11-26(12-10-17)14-21-24-19-8-5-16(2)13-20(19)25-21/h3-8,13,17H,9-12,14H2,1-2H3,(H,23,27)(H,24,25). The number of hydrogen-bond donors (Lipinski definition) is 2. The molecule has 1 aromatic heterocycles. The summed E-state index contributed by atoms with van der Waals surface area (Å²) in [6.07, 6.45) is 1.77. The largest absolute Gasteiger partial charge is 0.341 e. The Bertz CT molecular complexity index is 937. The predicted molar refractivity (Wildman–Crippen MR) is 109 cm³/mol. The summed E-state index contributed by atoms with van der Waals surface area (Å²) in [4.78, 5) is 23.0. The molecule has 1 saturated heterocycles. The van der Waals surface area contributed by atoms with Gasteiger partial charge in [-0.25, -0.2) is 4.98 Å². The summed E-state index contributed by atoms with van der Waals surface area (Å²) in [5, 5.41) is 3.05. The highest BCUT2D eigenvalue weighted by atomic mass is 16.1. The van der Waals surface area contributed by atoms with Crippen LogP contribution in [-0.4, -0.2) is 33.9 Å². The predicted octanol–water partition coefficient (Wildman–Crippen LogP) is 4.03. The minimum Gasteiger partial charge on any atom is -0.341 e. The Balaban J connectivity index is 1.31. The summed E-state index contributed by atoms with van der Waals surface area (Å²) in [5.41, 5.74) is 5.42. The summed E-state index contributed by atoms with van der Waals surface area (Å²) in [5.74, 6) is 1.22. The molecule has 1 amide bonds. The maximum atomic E-state index is 12.5. The number of nitrogens with one attached hydrogen (secondary N) is 2. The van der Waals surface area contributed by atoms with Gasteiger partial charge in [0.15, 0.2) is 0 Å². The number of aromatic nitrogens is 2. The molecule has 0 atom stereocenters. The van der Waals surface area contributed by atoms with E-state index in [1.165, 1.54) is 11.1 Å². The van der Waals surface area contributed by atoms with E-state index in [2.05, 4.69) is 45.3 Å². The monoisotopic (exact) mass is 362 g/mol. The average molecular weight is 362 g/mol. The fourth-order valence-electron chi connectivity index (χ4n) is 3.70. The third-order valence-corrected chi connectivity index (χ3v) is 5.34. The van der Waals surface area contributed by atoms with Gasteiger partial charge in [-0.05, 0) is 69.6 Å². The first-order valence-electron chi connectivity index (χ1n) is 9.62. The smallest absolute Gasteiger partial charge is 0.227 e. The van der Waals surface area contributed by atoms with Gasteiger partial charge in [0.1, 0.15) is 5.82 Å². The molecule has 27 heavy (non-hydrogen) atoms. The molecule has 0 bridgehead atoms. The van der Waals surface area contributed by atoms with E-state index in [0.717, 1.165) is 55.0 Å². The van der Waals surface area contributed by atoms with Crippen LogP contribution in [0.4, 0.5) is 5.69 Å². The van der Waals surface area contributed by atoms with Crippen LogP contribution in [0.1, 0.15) is 29.8 Å². The second kappa shape index (κ2) is 7.53. The number of fused-ring (bicyclic) bond motifs is 1. The number of anilines is 1. The number of carbonyl (C=O) groups is 1. The van der Waals surface area contributed by atoms with Crippen molar-refractivity contribution in [2.45, 2.75) is 33.2 Å². The van der Waals surface area contributed by atoms with Crippen molar-refractivity contribution in [1.82, 2.24) is 14.9 Å². The topological polar surface area (TPSA) is 61.0 Å². The van der Waals surface area contributed by atoms with E-state index in [1.54, 1.807) is 0 Å². The Morgan fingerprint density at radius 1 is 1.11 bits per heavy atom. The molecule has 3 aromatic rings. The third-order valence-electron chi connectivity index (χ3n) is 5.34. The first-order valence-corrected chi connectivity index (χ1v) is 9.62. The molecule has 1 aliphatic heterocycles. The van der Waals surface area contributed by atoms with Crippen molar-refractivity contribution in [3.8, 4) is 0 Å². The Morgan fingerprint density at radius 2 is 1.81 bits per heavy atom. The van der Waals surface area contributed by atoms with E-state index in [4.69, 9.17) is 0 Å². The molecule has 0 unspecified atom stereocenters. The quantitative estimate of drug-likeness (QED) is 0.737. The van der Waals surface area contributed by atoms with Gasteiger partial charge in [-0.2, -0.15) is 0 Å². The van der Waals surface area contributed by atoms with Crippen LogP contribution < -0.4 is 5.32 Å². The molecule has 4 rings (SSSR count). The SMILES string of the molecule is Cc1ccc(NC(=O)C2CCN(Cc3nc4ccc(C)cc4[nH]3)CC2)cc1. The maximum absolute atomic E-state index is 12.5. The number of aromatic amines is 1. The van der Waals surface area contributed by atoms with Crippen molar-refractivity contribution >= 4 is 22.6 Å². The number of piperidine rings is 1.